The van der Waals surface area contributed by atoms with Gasteiger partial charge in [-0.05, 0) is 26.8 Å². The molecule has 0 aromatic carbocycles. The zero-order chi connectivity index (χ0) is 9.23. The molecule has 12 heavy (non-hydrogen) atoms. The van der Waals surface area contributed by atoms with E-state index < -0.39 is 0 Å². The molecule has 0 radical (unpaired) electrons. The van der Waals surface area contributed by atoms with Gasteiger partial charge in [-0.15, -0.1) is 0 Å². The quantitative estimate of drug-likeness (QED) is 0.450. The minimum atomic E-state index is -0.198. The van der Waals surface area contributed by atoms with Crippen molar-refractivity contribution in [2.75, 3.05) is 13.2 Å². The van der Waals surface area contributed by atoms with Crippen molar-refractivity contribution in [3.63, 3.8) is 0 Å². The lowest BCUT2D eigenvalue weighted by Gasteiger charge is -2.11. The SMILES string of the molecule is CC=CC=CC(OCC)OCC. The first-order valence-electron chi connectivity index (χ1n) is 4.37. The van der Waals surface area contributed by atoms with Crippen LogP contribution < -0.4 is 0 Å². The predicted octanol–water partition coefficient (Wildman–Crippen LogP) is 2.52. The van der Waals surface area contributed by atoms with Crippen molar-refractivity contribution in [2.45, 2.75) is 27.1 Å². The van der Waals surface area contributed by atoms with Gasteiger partial charge in [-0.1, -0.05) is 18.2 Å². The maximum absolute atomic E-state index is 5.29. The monoisotopic (exact) mass is 170 g/mol. The second-order valence-electron chi connectivity index (χ2n) is 2.19. The number of hydrogen-bond donors (Lipinski definition) is 0. The third-order valence-electron chi connectivity index (χ3n) is 1.23. The summed E-state index contributed by atoms with van der Waals surface area (Å²) in [5, 5.41) is 0. The van der Waals surface area contributed by atoms with Gasteiger partial charge in [-0.25, -0.2) is 0 Å². The van der Waals surface area contributed by atoms with Gasteiger partial charge >= 0.3 is 0 Å². The highest BCUT2D eigenvalue weighted by molar-refractivity contribution is 5.02. The van der Waals surface area contributed by atoms with Crippen LogP contribution in [0.1, 0.15) is 20.8 Å². The molecule has 0 atom stereocenters. The van der Waals surface area contributed by atoms with Crippen LogP contribution in [0.3, 0.4) is 0 Å². The van der Waals surface area contributed by atoms with Crippen LogP contribution in [0.15, 0.2) is 24.3 Å². The summed E-state index contributed by atoms with van der Waals surface area (Å²) in [4.78, 5) is 0. The largest absolute Gasteiger partial charge is 0.349 e. The third kappa shape index (κ3) is 6.13. The molecule has 0 heterocycles. The average Bonchev–Trinajstić information content (AvgIpc) is 2.06. The number of ether oxygens (including phenoxy) is 2. The van der Waals surface area contributed by atoms with Crippen molar-refractivity contribution in [3.05, 3.63) is 24.3 Å². The summed E-state index contributed by atoms with van der Waals surface area (Å²) < 4.78 is 10.6. The molecular weight excluding hydrogens is 152 g/mol. The van der Waals surface area contributed by atoms with Crippen molar-refractivity contribution in [1.82, 2.24) is 0 Å². The Morgan fingerprint density at radius 1 is 1.08 bits per heavy atom. The normalized spacial score (nSPS) is 12.3. The van der Waals surface area contributed by atoms with Crippen LogP contribution in [-0.4, -0.2) is 19.5 Å². The van der Waals surface area contributed by atoms with E-state index >= 15 is 0 Å². The van der Waals surface area contributed by atoms with Crippen LogP contribution in [0, 0.1) is 0 Å². The Balaban J connectivity index is 3.75. The second-order valence-corrected chi connectivity index (χ2v) is 2.19. The summed E-state index contributed by atoms with van der Waals surface area (Å²) in [5.41, 5.74) is 0. The second kappa shape index (κ2) is 8.50. The summed E-state index contributed by atoms with van der Waals surface area (Å²) >= 11 is 0. The van der Waals surface area contributed by atoms with E-state index in [2.05, 4.69) is 0 Å². The predicted molar refractivity (Wildman–Crippen MR) is 51.0 cm³/mol. The van der Waals surface area contributed by atoms with Crippen LogP contribution >= 0.6 is 0 Å². The molecular formula is C10H18O2. The van der Waals surface area contributed by atoms with Crippen molar-refractivity contribution in [1.29, 1.82) is 0 Å². The molecule has 0 saturated carbocycles. The molecule has 0 aliphatic carbocycles. The molecule has 0 aromatic rings. The highest BCUT2D eigenvalue weighted by Gasteiger charge is 1.99. The van der Waals surface area contributed by atoms with Crippen LogP contribution in [0.5, 0.6) is 0 Å². The lowest BCUT2D eigenvalue weighted by Crippen LogP contribution is -2.13. The molecule has 0 aliphatic heterocycles. The molecule has 70 valence electrons. The first-order valence-corrected chi connectivity index (χ1v) is 4.37. The van der Waals surface area contributed by atoms with Crippen LogP contribution in [0.2, 0.25) is 0 Å². The first-order chi connectivity index (χ1) is 5.85. The van der Waals surface area contributed by atoms with E-state index in [1.807, 2.05) is 45.1 Å². The van der Waals surface area contributed by atoms with Crippen molar-refractivity contribution < 1.29 is 9.47 Å². The lowest BCUT2D eigenvalue weighted by molar-refractivity contribution is -0.103. The summed E-state index contributed by atoms with van der Waals surface area (Å²) in [5.74, 6) is 0. The summed E-state index contributed by atoms with van der Waals surface area (Å²) in [6.45, 7) is 7.22. The number of rotatable bonds is 6. The Morgan fingerprint density at radius 2 is 1.67 bits per heavy atom. The molecule has 0 spiro atoms. The fourth-order valence-corrected chi connectivity index (χ4v) is 0.754. The third-order valence-corrected chi connectivity index (χ3v) is 1.23. The molecule has 0 aliphatic rings. The van der Waals surface area contributed by atoms with Gasteiger partial charge in [0.1, 0.15) is 0 Å². The van der Waals surface area contributed by atoms with E-state index in [0.29, 0.717) is 13.2 Å². The topological polar surface area (TPSA) is 18.5 Å². The highest BCUT2D eigenvalue weighted by Crippen LogP contribution is 1.97. The smallest absolute Gasteiger partial charge is 0.177 e. The lowest BCUT2D eigenvalue weighted by atomic mass is 10.4. The zero-order valence-corrected chi connectivity index (χ0v) is 8.12. The van der Waals surface area contributed by atoms with Crippen molar-refractivity contribution >= 4 is 0 Å². The number of hydrogen-bond acceptors (Lipinski definition) is 2. The Labute approximate surface area is 74.9 Å². The fraction of sp³-hybridized carbons (Fsp3) is 0.600. The molecule has 0 bridgehead atoms. The van der Waals surface area contributed by atoms with Gasteiger partial charge in [-0.2, -0.15) is 0 Å². The number of allylic oxidation sites excluding steroid dienone is 3. The van der Waals surface area contributed by atoms with E-state index in [0.717, 1.165) is 0 Å². The van der Waals surface area contributed by atoms with Crippen molar-refractivity contribution in [2.24, 2.45) is 0 Å². The Hall–Kier alpha value is -0.600. The Bertz CT molecular complexity index is 133. The molecule has 0 fully saturated rings. The molecule has 0 saturated heterocycles. The summed E-state index contributed by atoms with van der Waals surface area (Å²) in [7, 11) is 0. The highest BCUT2D eigenvalue weighted by atomic mass is 16.7. The van der Waals surface area contributed by atoms with Crippen LogP contribution in [-0.2, 0) is 9.47 Å². The van der Waals surface area contributed by atoms with Crippen LogP contribution in [0.4, 0.5) is 0 Å². The first kappa shape index (κ1) is 11.4. The van der Waals surface area contributed by atoms with Crippen LogP contribution in [0.25, 0.3) is 0 Å². The average molecular weight is 170 g/mol. The van der Waals surface area contributed by atoms with E-state index in [1.165, 1.54) is 0 Å². The van der Waals surface area contributed by atoms with E-state index in [4.69, 9.17) is 9.47 Å². The van der Waals surface area contributed by atoms with Gasteiger partial charge in [0.2, 0.25) is 0 Å². The van der Waals surface area contributed by atoms with E-state index in [1.54, 1.807) is 0 Å². The molecule has 0 unspecified atom stereocenters. The van der Waals surface area contributed by atoms with Gasteiger partial charge in [0.05, 0.1) is 0 Å². The molecule has 2 heteroatoms. The maximum atomic E-state index is 5.29. The Kier molecular flexibility index (Phi) is 8.07. The minimum Gasteiger partial charge on any atom is -0.349 e. The van der Waals surface area contributed by atoms with Gasteiger partial charge in [-0.3, -0.25) is 0 Å². The van der Waals surface area contributed by atoms with Gasteiger partial charge < -0.3 is 9.47 Å². The molecule has 0 N–H and O–H groups in total. The fourth-order valence-electron chi connectivity index (χ4n) is 0.754. The molecule has 0 amide bonds. The minimum absolute atomic E-state index is 0.198. The summed E-state index contributed by atoms with van der Waals surface area (Å²) in [6, 6.07) is 0. The molecule has 2 nitrogen and oxygen atoms in total. The molecule has 0 rings (SSSR count). The van der Waals surface area contributed by atoms with Gasteiger partial charge in [0.15, 0.2) is 6.29 Å². The Morgan fingerprint density at radius 3 is 2.08 bits per heavy atom. The molecule has 0 aromatic heterocycles. The standard InChI is InChI=1S/C10H18O2/c1-4-7-8-9-10(11-5-2)12-6-3/h4,7-10H,5-6H2,1-3H3. The zero-order valence-electron chi connectivity index (χ0n) is 8.12. The van der Waals surface area contributed by atoms with E-state index in [9.17, 15) is 0 Å². The van der Waals surface area contributed by atoms with Gasteiger partial charge in [0, 0.05) is 13.2 Å². The maximum Gasteiger partial charge on any atom is 0.177 e. The summed E-state index contributed by atoms with van der Waals surface area (Å²) in [6.07, 6.45) is 7.54. The van der Waals surface area contributed by atoms with Gasteiger partial charge in [0.25, 0.3) is 0 Å². The van der Waals surface area contributed by atoms with Crippen molar-refractivity contribution in [3.8, 4) is 0 Å². The van der Waals surface area contributed by atoms with E-state index in [-0.39, 0.29) is 6.29 Å².